The molecule has 0 amide bonds. The molecule has 0 N–H and O–H groups in total. The lowest BCUT2D eigenvalue weighted by Crippen LogP contribution is -1.92. The van der Waals surface area contributed by atoms with Gasteiger partial charge in [-0.25, -0.2) is 0 Å². The van der Waals surface area contributed by atoms with Crippen molar-refractivity contribution in [1.82, 2.24) is 0 Å². The molecule has 0 aliphatic heterocycles. The first-order valence-electron chi connectivity index (χ1n) is 5.01. The van der Waals surface area contributed by atoms with Crippen LogP contribution in [0, 0.1) is 11.3 Å². The Morgan fingerprint density at radius 2 is 2.40 bits per heavy atom. The van der Waals surface area contributed by atoms with E-state index in [1.54, 1.807) is 6.08 Å². The van der Waals surface area contributed by atoms with Crippen LogP contribution < -0.4 is 0 Å². The fraction of sp³-hybridized carbons (Fsp3) is 0.214. The standard InChI is InChI=1S/C14H15N/c1-3-7-13(10-11-15)12(2)14-8-5-4-6-9-14/h3-8H,1,9-10H2,2H3/b13-7-,14-12-. The molecule has 1 nitrogen and oxygen atoms in total. The Morgan fingerprint density at radius 1 is 1.60 bits per heavy atom. The first-order valence-corrected chi connectivity index (χ1v) is 5.01. The number of allylic oxidation sites excluding steroid dienone is 9. The summed E-state index contributed by atoms with van der Waals surface area (Å²) in [7, 11) is 0. The largest absolute Gasteiger partial charge is 0.198 e. The topological polar surface area (TPSA) is 23.8 Å². The summed E-state index contributed by atoms with van der Waals surface area (Å²) in [5.74, 6) is 0. The predicted molar refractivity (Wildman–Crippen MR) is 64.1 cm³/mol. The molecule has 0 aromatic carbocycles. The van der Waals surface area contributed by atoms with Gasteiger partial charge in [-0.05, 0) is 30.1 Å². The third-order valence-corrected chi connectivity index (χ3v) is 2.43. The van der Waals surface area contributed by atoms with Gasteiger partial charge in [-0.2, -0.15) is 5.26 Å². The number of nitriles is 1. The van der Waals surface area contributed by atoms with Gasteiger partial charge in [0.05, 0.1) is 12.5 Å². The molecule has 0 aromatic heterocycles. The molecule has 76 valence electrons. The quantitative estimate of drug-likeness (QED) is 0.630. The lowest BCUT2D eigenvalue weighted by molar-refractivity contribution is 1.13. The summed E-state index contributed by atoms with van der Waals surface area (Å²) in [6.07, 6.45) is 13.3. The van der Waals surface area contributed by atoms with Crippen LogP contribution in [0.1, 0.15) is 19.8 Å². The molecular formula is C14H15N. The minimum atomic E-state index is 0.443. The van der Waals surface area contributed by atoms with Crippen molar-refractivity contribution in [3.8, 4) is 6.07 Å². The minimum Gasteiger partial charge on any atom is -0.198 e. The summed E-state index contributed by atoms with van der Waals surface area (Å²) in [6, 6.07) is 2.18. The maximum absolute atomic E-state index is 8.73. The molecule has 0 unspecified atom stereocenters. The summed E-state index contributed by atoms with van der Waals surface area (Å²) in [4.78, 5) is 0. The van der Waals surface area contributed by atoms with Gasteiger partial charge in [0.25, 0.3) is 0 Å². The fourth-order valence-corrected chi connectivity index (χ4v) is 1.54. The summed E-state index contributed by atoms with van der Waals surface area (Å²) in [5.41, 5.74) is 3.53. The lowest BCUT2D eigenvalue weighted by atomic mass is 9.95. The van der Waals surface area contributed by atoms with Crippen LogP contribution in [0.4, 0.5) is 0 Å². The second kappa shape index (κ2) is 5.82. The third-order valence-electron chi connectivity index (χ3n) is 2.43. The highest BCUT2D eigenvalue weighted by molar-refractivity contribution is 5.44. The van der Waals surface area contributed by atoms with Crippen LogP contribution in [0.3, 0.4) is 0 Å². The van der Waals surface area contributed by atoms with Crippen molar-refractivity contribution in [2.75, 3.05) is 0 Å². The Labute approximate surface area is 91.4 Å². The number of rotatable bonds is 3. The minimum absolute atomic E-state index is 0.443. The van der Waals surface area contributed by atoms with E-state index < -0.39 is 0 Å². The monoisotopic (exact) mass is 197 g/mol. The van der Waals surface area contributed by atoms with Gasteiger partial charge in [-0.1, -0.05) is 43.0 Å². The van der Waals surface area contributed by atoms with Crippen LogP contribution in [-0.4, -0.2) is 0 Å². The Bertz CT molecular complexity index is 398. The van der Waals surface area contributed by atoms with Gasteiger partial charge in [-0.15, -0.1) is 0 Å². The van der Waals surface area contributed by atoms with E-state index in [9.17, 15) is 0 Å². The molecule has 0 fully saturated rings. The molecule has 1 heteroatoms. The molecule has 0 aromatic rings. The highest BCUT2D eigenvalue weighted by Crippen LogP contribution is 2.22. The average molecular weight is 197 g/mol. The molecule has 1 rings (SSSR count). The Kier molecular flexibility index (Phi) is 4.37. The molecule has 0 heterocycles. The zero-order chi connectivity index (χ0) is 11.1. The molecule has 0 spiro atoms. The molecule has 0 bridgehead atoms. The van der Waals surface area contributed by atoms with Crippen LogP contribution in [0.15, 0.2) is 59.8 Å². The van der Waals surface area contributed by atoms with Gasteiger partial charge in [-0.3, -0.25) is 0 Å². The Hall–Kier alpha value is -1.81. The van der Waals surface area contributed by atoms with E-state index in [2.05, 4.69) is 31.7 Å². The van der Waals surface area contributed by atoms with Crippen LogP contribution in [0.25, 0.3) is 0 Å². The molecule has 15 heavy (non-hydrogen) atoms. The smallest absolute Gasteiger partial charge is 0.0669 e. The van der Waals surface area contributed by atoms with Gasteiger partial charge < -0.3 is 0 Å². The first kappa shape index (κ1) is 11.3. The van der Waals surface area contributed by atoms with Crippen molar-refractivity contribution in [2.24, 2.45) is 0 Å². The van der Waals surface area contributed by atoms with Crippen molar-refractivity contribution in [3.05, 3.63) is 59.8 Å². The van der Waals surface area contributed by atoms with Crippen LogP contribution >= 0.6 is 0 Å². The summed E-state index contributed by atoms with van der Waals surface area (Å²) in [6.45, 7) is 5.73. The van der Waals surface area contributed by atoms with E-state index >= 15 is 0 Å². The zero-order valence-corrected chi connectivity index (χ0v) is 9.03. The number of nitrogens with zero attached hydrogens (tertiary/aromatic N) is 1. The highest BCUT2D eigenvalue weighted by atomic mass is 14.2. The fourth-order valence-electron chi connectivity index (χ4n) is 1.54. The van der Waals surface area contributed by atoms with Crippen molar-refractivity contribution in [1.29, 1.82) is 5.26 Å². The average Bonchev–Trinajstić information content (AvgIpc) is 2.29. The van der Waals surface area contributed by atoms with Gasteiger partial charge in [0, 0.05) is 0 Å². The maximum Gasteiger partial charge on any atom is 0.0669 e. The molecular weight excluding hydrogens is 182 g/mol. The van der Waals surface area contributed by atoms with Crippen molar-refractivity contribution in [2.45, 2.75) is 19.8 Å². The van der Waals surface area contributed by atoms with Gasteiger partial charge in [0.15, 0.2) is 0 Å². The molecule has 1 aliphatic rings. The van der Waals surface area contributed by atoms with E-state index in [-0.39, 0.29) is 0 Å². The SMILES string of the molecule is C=C/C=C(CC#N)\C(C)=C1\C=CC=CC1. The van der Waals surface area contributed by atoms with Crippen molar-refractivity contribution < 1.29 is 0 Å². The second-order valence-electron chi connectivity index (χ2n) is 3.40. The van der Waals surface area contributed by atoms with Gasteiger partial charge >= 0.3 is 0 Å². The normalized spacial score (nSPS) is 18.5. The third kappa shape index (κ3) is 3.11. The van der Waals surface area contributed by atoms with E-state index in [4.69, 9.17) is 5.26 Å². The van der Waals surface area contributed by atoms with Crippen LogP contribution in [0.5, 0.6) is 0 Å². The predicted octanol–water partition coefficient (Wildman–Crippen LogP) is 3.85. The lowest BCUT2D eigenvalue weighted by Gasteiger charge is -2.10. The molecule has 0 saturated heterocycles. The summed E-state index contributed by atoms with van der Waals surface area (Å²) < 4.78 is 0. The van der Waals surface area contributed by atoms with Crippen LogP contribution in [-0.2, 0) is 0 Å². The molecule has 0 atom stereocenters. The second-order valence-corrected chi connectivity index (χ2v) is 3.40. The van der Waals surface area contributed by atoms with E-state index in [1.165, 1.54) is 11.1 Å². The first-order chi connectivity index (χ1) is 7.29. The number of hydrogen-bond donors (Lipinski definition) is 0. The Morgan fingerprint density at radius 3 is 2.93 bits per heavy atom. The van der Waals surface area contributed by atoms with Crippen LogP contribution in [0.2, 0.25) is 0 Å². The van der Waals surface area contributed by atoms with E-state index in [0.717, 1.165) is 12.0 Å². The van der Waals surface area contributed by atoms with E-state index in [0.29, 0.717) is 6.42 Å². The zero-order valence-electron chi connectivity index (χ0n) is 9.03. The molecule has 1 aliphatic carbocycles. The van der Waals surface area contributed by atoms with Crippen molar-refractivity contribution >= 4 is 0 Å². The van der Waals surface area contributed by atoms with Crippen molar-refractivity contribution in [3.63, 3.8) is 0 Å². The molecule has 0 saturated carbocycles. The molecule has 0 radical (unpaired) electrons. The summed E-state index contributed by atoms with van der Waals surface area (Å²) in [5, 5.41) is 8.73. The highest BCUT2D eigenvalue weighted by Gasteiger charge is 2.04. The number of hydrogen-bond acceptors (Lipinski definition) is 1. The van der Waals surface area contributed by atoms with Gasteiger partial charge in [0.1, 0.15) is 0 Å². The van der Waals surface area contributed by atoms with Gasteiger partial charge in [0.2, 0.25) is 0 Å². The summed E-state index contributed by atoms with van der Waals surface area (Å²) >= 11 is 0. The maximum atomic E-state index is 8.73. The van der Waals surface area contributed by atoms with E-state index in [1.807, 2.05) is 18.2 Å². The Balaban J connectivity index is 2.99.